The van der Waals surface area contributed by atoms with Crippen molar-refractivity contribution in [3.63, 3.8) is 0 Å². The van der Waals surface area contributed by atoms with Gasteiger partial charge in [-0.25, -0.2) is 0 Å². The Morgan fingerprint density at radius 2 is 2.07 bits per heavy atom. The standard InChI is InChI=1S/C13H17ClO/c1-8-10-6-9(14)4-5-11(10)13(2,3)7-12(8)15/h4-6,8,12,15H,7H2,1-3H3. The lowest BCUT2D eigenvalue weighted by atomic mass is 9.68. The predicted molar refractivity (Wildman–Crippen MR) is 63.5 cm³/mol. The van der Waals surface area contributed by atoms with Crippen LogP contribution in [0.5, 0.6) is 0 Å². The van der Waals surface area contributed by atoms with E-state index < -0.39 is 0 Å². The van der Waals surface area contributed by atoms with Crippen molar-refractivity contribution >= 4 is 11.6 Å². The highest BCUT2D eigenvalue weighted by atomic mass is 35.5. The van der Waals surface area contributed by atoms with Crippen LogP contribution in [0.3, 0.4) is 0 Å². The summed E-state index contributed by atoms with van der Waals surface area (Å²) < 4.78 is 0. The van der Waals surface area contributed by atoms with Gasteiger partial charge in [-0.2, -0.15) is 0 Å². The maximum absolute atomic E-state index is 10.0. The predicted octanol–water partition coefficient (Wildman–Crippen LogP) is 3.49. The lowest BCUT2D eigenvalue weighted by Gasteiger charge is -2.39. The molecule has 1 aliphatic carbocycles. The van der Waals surface area contributed by atoms with Crippen LogP contribution in [0.25, 0.3) is 0 Å². The Bertz CT molecular complexity index is 384. The second kappa shape index (κ2) is 3.50. The SMILES string of the molecule is CC1c2cc(Cl)ccc2C(C)(C)CC1O. The van der Waals surface area contributed by atoms with Gasteiger partial charge in [-0.05, 0) is 35.1 Å². The summed E-state index contributed by atoms with van der Waals surface area (Å²) in [5.41, 5.74) is 2.57. The summed E-state index contributed by atoms with van der Waals surface area (Å²) >= 11 is 6.00. The molecule has 0 fully saturated rings. The molecule has 0 spiro atoms. The second-order valence-corrected chi connectivity index (χ2v) is 5.61. The number of fused-ring (bicyclic) bond motifs is 1. The van der Waals surface area contributed by atoms with Gasteiger partial charge in [0.25, 0.3) is 0 Å². The van der Waals surface area contributed by atoms with Crippen LogP contribution in [0.1, 0.15) is 44.2 Å². The lowest BCUT2D eigenvalue weighted by Crippen LogP contribution is -2.35. The van der Waals surface area contributed by atoms with Gasteiger partial charge in [0.05, 0.1) is 6.10 Å². The van der Waals surface area contributed by atoms with E-state index in [1.807, 2.05) is 12.1 Å². The summed E-state index contributed by atoms with van der Waals surface area (Å²) in [6.07, 6.45) is 0.564. The number of hydrogen-bond donors (Lipinski definition) is 1. The average Bonchev–Trinajstić information content (AvgIpc) is 2.13. The van der Waals surface area contributed by atoms with Crippen LogP contribution < -0.4 is 0 Å². The zero-order chi connectivity index (χ0) is 11.2. The third kappa shape index (κ3) is 1.79. The zero-order valence-corrected chi connectivity index (χ0v) is 10.2. The average molecular weight is 225 g/mol. The molecule has 0 saturated carbocycles. The topological polar surface area (TPSA) is 20.2 Å². The van der Waals surface area contributed by atoms with Gasteiger partial charge in [-0.15, -0.1) is 0 Å². The van der Waals surface area contributed by atoms with Gasteiger partial charge in [0, 0.05) is 10.9 Å². The molecule has 1 aromatic rings. The lowest BCUT2D eigenvalue weighted by molar-refractivity contribution is 0.104. The molecular weight excluding hydrogens is 208 g/mol. The quantitative estimate of drug-likeness (QED) is 0.716. The van der Waals surface area contributed by atoms with Crippen molar-refractivity contribution < 1.29 is 5.11 Å². The minimum Gasteiger partial charge on any atom is -0.392 e. The molecule has 1 aliphatic rings. The van der Waals surface area contributed by atoms with Crippen molar-refractivity contribution in [2.45, 2.75) is 44.6 Å². The fraction of sp³-hybridized carbons (Fsp3) is 0.538. The van der Waals surface area contributed by atoms with Gasteiger partial charge in [-0.1, -0.05) is 38.4 Å². The summed E-state index contributed by atoms with van der Waals surface area (Å²) in [4.78, 5) is 0. The van der Waals surface area contributed by atoms with Gasteiger partial charge in [-0.3, -0.25) is 0 Å². The van der Waals surface area contributed by atoms with E-state index in [2.05, 4.69) is 26.8 Å². The van der Waals surface area contributed by atoms with Gasteiger partial charge >= 0.3 is 0 Å². The fourth-order valence-corrected chi connectivity index (χ4v) is 2.72. The van der Waals surface area contributed by atoms with Gasteiger partial charge in [0.1, 0.15) is 0 Å². The summed E-state index contributed by atoms with van der Waals surface area (Å²) in [5, 5.41) is 10.8. The summed E-state index contributed by atoms with van der Waals surface area (Å²) in [6, 6.07) is 6.03. The fourth-order valence-electron chi connectivity index (χ4n) is 2.54. The maximum atomic E-state index is 10.0. The summed E-state index contributed by atoms with van der Waals surface area (Å²) in [7, 11) is 0. The molecule has 0 bridgehead atoms. The third-order valence-corrected chi connectivity index (χ3v) is 3.77. The molecule has 0 aromatic heterocycles. The Labute approximate surface area is 96.1 Å². The van der Waals surface area contributed by atoms with E-state index in [1.54, 1.807) is 0 Å². The zero-order valence-electron chi connectivity index (χ0n) is 9.42. The van der Waals surface area contributed by atoms with Crippen LogP contribution in [0, 0.1) is 0 Å². The van der Waals surface area contributed by atoms with Crippen LogP contribution in [-0.4, -0.2) is 11.2 Å². The van der Waals surface area contributed by atoms with Crippen LogP contribution in [-0.2, 0) is 5.41 Å². The molecule has 0 amide bonds. The number of aliphatic hydroxyl groups is 1. The second-order valence-electron chi connectivity index (χ2n) is 5.18. The highest BCUT2D eigenvalue weighted by Crippen LogP contribution is 2.43. The molecule has 0 radical (unpaired) electrons. The Hall–Kier alpha value is -0.530. The molecule has 1 N–H and O–H groups in total. The maximum Gasteiger partial charge on any atom is 0.0614 e. The first-order chi connectivity index (χ1) is 6.92. The van der Waals surface area contributed by atoms with Crippen molar-refractivity contribution in [3.05, 3.63) is 34.3 Å². The van der Waals surface area contributed by atoms with E-state index in [0.717, 1.165) is 11.4 Å². The van der Waals surface area contributed by atoms with Crippen molar-refractivity contribution in [1.82, 2.24) is 0 Å². The Morgan fingerprint density at radius 3 is 2.73 bits per heavy atom. The van der Waals surface area contributed by atoms with Crippen molar-refractivity contribution in [3.8, 4) is 0 Å². The van der Waals surface area contributed by atoms with Gasteiger partial charge < -0.3 is 5.11 Å². The van der Waals surface area contributed by atoms with E-state index in [4.69, 9.17) is 11.6 Å². The number of hydrogen-bond acceptors (Lipinski definition) is 1. The van der Waals surface area contributed by atoms with E-state index in [-0.39, 0.29) is 17.4 Å². The normalized spacial score (nSPS) is 28.6. The molecule has 2 unspecified atom stereocenters. The molecule has 1 aromatic carbocycles. The molecule has 2 rings (SSSR count). The van der Waals surface area contributed by atoms with E-state index >= 15 is 0 Å². The molecule has 0 aliphatic heterocycles. The number of rotatable bonds is 0. The van der Waals surface area contributed by atoms with Crippen LogP contribution >= 0.6 is 11.6 Å². The highest BCUT2D eigenvalue weighted by Gasteiger charge is 2.36. The smallest absolute Gasteiger partial charge is 0.0614 e. The van der Waals surface area contributed by atoms with Crippen molar-refractivity contribution in [1.29, 1.82) is 0 Å². The minimum absolute atomic E-state index is 0.0475. The van der Waals surface area contributed by atoms with Crippen LogP contribution in [0.4, 0.5) is 0 Å². The van der Waals surface area contributed by atoms with E-state index in [1.165, 1.54) is 11.1 Å². The summed E-state index contributed by atoms with van der Waals surface area (Å²) in [6.45, 7) is 6.42. The van der Waals surface area contributed by atoms with E-state index in [0.29, 0.717) is 0 Å². The van der Waals surface area contributed by atoms with Crippen molar-refractivity contribution in [2.24, 2.45) is 0 Å². The van der Waals surface area contributed by atoms with Crippen LogP contribution in [0.2, 0.25) is 5.02 Å². The molecule has 0 saturated heterocycles. The third-order valence-electron chi connectivity index (χ3n) is 3.53. The number of aliphatic hydroxyl groups excluding tert-OH is 1. The van der Waals surface area contributed by atoms with E-state index in [9.17, 15) is 5.11 Å². The first-order valence-electron chi connectivity index (χ1n) is 5.40. The van der Waals surface area contributed by atoms with Crippen LogP contribution in [0.15, 0.2) is 18.2 Å². The first-order valence-corrected chi connectivity index (χ1v) is 5.77. The van der Waals surface area contributed by atoms with Gasteiger partial charge in [0.2, 0.25) is 0 Å². The largest absolute Gasteiger partial charge is 0.392 e. The molecule has 82 valence electrons. The molecular formula is C13H17ClO. The minimum atomic E-state index is -0.258. The number of benzene rings is 1. The molecule has 1 nitrogen and oxygen atoms in total. The number of halogens is 1. The van der Waals surface area contributed by atoms with Crippen molar-refractivity contribution in [2.75, 3.05) is 0 Å². The Kier molecular flexibility index (Phi) is 2.56. The molecule has 0 heterocycles. The Morgan fingerprint density at radius 1 is 1.40 bits per heavy atom. The van der Waals surface area contributed by atoms with Gasteiger partial charge in [0.15, 0.2) is 0 Å². The monoisotopic (exact) mass is 224 g/mol. The summed E-state index contributed by atoms with van der Waals surface area (Å²) in [5.74, 6) is 0.187. The molecule has 15 heavy (non-hydrogen) atoms. The Balaban J connectivity index is 2.59. The molecule has 2 atom stereocenters. The molecule has 2 heteroatoms. The first kappa shape index (κ1) is 11.0. The highest BCUT2D eigenvalue weighted by molar-refractivity contribution is 6.30.